The number of rotatable bonds is 3. The highest BCUT2D eigenvalue weighted by molar-refractivity contribution is 6.31. The van der Waals surface area contributed by atoms with Gasteiger partial charge in [-0.25, -0.2) is 13.8 Å². The monoisotopic (exact) mass is 440 g/mol. The van der Waals surface area contributed by atoms with Crippen LogP contribution in [0.1, 0.15) is 12.8 Å². The van der Waals surface area contributed by atoms with E-state index in [9.17, 15) is 8.78 Å². The number of anilines is 2. The van der Waals surface area contributed by atoms with Gasteiger partial charge in [0.2, 0.25) is 18.2 Å². The maximum absolute atomic E-state index is 13.9. The number of hydrogen-bond donors (Lipinski definition) is 2. The van der Waals surface area contributed by atoms with E-state index in [4.69, 9.17) is 17.3 Å². The highest BCUT2D eigenvalue weighted by Crippen LogP contribution is 2.27. The summed E-state index contributed by atoms with van der Waals surface area (Å²) in [7, 11) is 0. The van der Waals surface area contributed by atoms with Crippen LogP contribution in [0.2, 0.25) is 5.02 Å². The molecule has 10 heteroatoms. The van der Waals surface area contributed by atoms with Gasteiger partial charge in [-0.1, -0.05) is 17.7 Å². The molecule has 0 spiro atoms. The first-order chi connectivity index (χ1) is 13.5. The van der Waals surface area contributed by atoms with E-state index < -0.39 is 12.1 Å². The molecular weight excluding hydrogens is 421 g/mol. The topological polar surface area (TPSA) is 69.2 Å². The molecule has 1 fully saturated rings. The molecule has 1 unspecified atom stereocenters. The Bertz CT molecular complexity index is 946. The lowest BCUT2D eigenvalue weighted by atomic mass is 10.2. The molecule has 3 N–H and O–H groups in total. The van der Waals surface area contributed by atoms with Crippen LogP contribution in [0, 0.1) is 11.6 Å². The quantitative estimate of drug-likeness (QED) is 0.755. The Balaban J connectivity index is 0.00000240. The number of hydrogen-bond acceptors (Lipinski definition) is 6. The lowest BCUT2D eigenvalue weighted by Crippen LogP contribution is -2.54. The third-order valence-electron chi connectivity index (χ3n) is 4.62. The third-order valence-corrected chi connectivity index (χ3v) is 4.91. The summed E-state index contributed by atoms with van der Waals surface area (Å²) in [6.07, 6.45) is 1.38. The number of aliphatic imine (C=N–C) groups is 2. The normalized spacial score (nSPS) is 18.8. The Hall–Kier alpha value is -2.58. The predicted molar refractivity (Wildman–Crippen MR) is 115 cm³/mol. The molecule has 0 amide bonds. The van der Waals surface area contributed by atoms with E-state index in [2.05, 4.69) is 20.2 Å². The minimum absolute atomic E-state index is 0. The van der Waals surface area contributed by atoms with Crippen molar-refractivity contribution in [2.75, 3.05) is 23.3 Å². The van der Waals surface area contributed by atoms with E-state index in [-0.39, 0.29) is 29.2 Å². The van der Waals surface area contributed by atoms with Crippen molar-refractivity contribution in [3.05, 3.63) is 59.1 Å². The molecule has 29 heavy (non-hydrogen) atoms. The molecule has 2 aliphatic heterocycles. The number of likely N-dealkylation sites (tertiary alicyclic amines) is 1. The lowest BCUT2D eigenvalue weighted by molar-refractivity contribution is 0.497. The van der Waals surface area contributed by atoms with Crippen molar-refractivity contribution in [2.24, 2.45) is 15.7 Å². The van der Waals surface area contributed by atoms with Crippen LogP contribution in [0.25, 0.3) is 0 Å². The molecule has 2 aromatic carbocycles. The van der Waals surface area contributed by atoms with Gasteiger partial charge in [0.15, 0.2) is 0 Å². The summed E-state index contributed by atoms with van der Waals surface area (Å²) >= 11 is 5.90. The molecule has 0 bridgehead atoms. The van der Waals surface area contributed by atoms with Crippen LogP contribution >= 0.6 is 24.0 Å². The van der Waals surface area contributed by atoms with Crippen molar-refractivity contribution >= 4 is 47.3 Å². The zero-order valence-electron chi connectivity index (χ0n) is 15.4. The van der Waals surface area contributed by atoms with Crippen molar-refractivity contribution in [1.29, 1.82) is 0 Å². The van der Waals surface area contributed by atoms with E-state index in [0.717, 1.165) is 25.9 Å². The lowest BCUT2D eigenvalue weighted by Gasteiger charge is -2.38. The first-order valence-electron chi connectivity index (χ1n) is 8.94. The smallest absolute Gasteiger partial charge is 0.222 e. The molecule has 2 heterocycles. The Morgan fingerprint density at radius 2 is 1.86 bits per heavy atom. The van der Waals surface area contributed by atoms with Crippen molar-refractivity contribution in [1.82, 2.24) is 4.90 Å². The van der Waals surface area contributed by atoms with Crippen LogP contribution in [-0.2, 0) is 0 Å². The van der Waals surface area contributed by atoms with Gasteiger partial charge in [-0.15, -0.1) is 12.4 Å². The van der Waals surface area contributed by atoms with Gasteiger partial charge in [0.25, 0.3) is 0 Å². The molecule has 0 aliphatic carbocycles. The predicted octanol–water partition coefficient (Wildman–Crippen LogP) is 4.02. The summed E-state index contributed by atoms with van der Waals surface area (Å²) in [6, 6.07) is 10.5. The summed E-state index contributed by atoms with van der Waals surface area (Å²) < 4.78 is 27.4. The number of guanidine groups is 2. The Labute approximate surface area is 178 Å². The average molecular weight is 441 g/mol. The molecule has 154 valence electrons. The summed E-state index contributed by atoms with van der Waals surface area (Å²) in [4.78, 5) is 12.7. The van der Waals surface area contributed by atoms with Crippen molar-refractivity contribution in [3.63, 3.8) is 0 Å². The molecular formula is C19H20Cl2F2N6. The number of nitrogens with one attached hydrogen (secondary N) is 1. The van der Waals surface area contributed by atoms with Gasteiger partial charge >= 0.3 is 0 Å². The third kappa shape index (κ3) is 4.54. The van der Waals surface area contributed by atoms with Crippen LogP contribution in [0.5, 0.6) is 0 Å². The molecule has 0 aromatic heterocycles. The van der Waals surface area contributed by atoms with Crippen LogP contribution in [0.4, 0.5) is 20.2 Å². The maximum Gasteiger partial charge on any atom is 0.222 e. The second kappa shape index (κ2) is 8.84. The summed E-state index contributed by atoms with van der Waals surface area (Å²) in [5.74, 6) is -0.175. The fraction of sp³-hybridized carbons (Fsp3) is 0.263. The van der Waals surface area contributed by atoms with Crippen LogP contribution < -0.4 is 16.0 Å². The fourth-order valence-corrected chi connectivity index (χ4v) is 3.51. The molecule has 0 saturated carbocycles. The Kier molecular flexibility index (Phi) is 6.44. The van der Waals surface area contributed by atoms with Gasteiger partial charge < -0.3 is 16.0 Å². The first-order valence-corrected chi connectivity index (χ1v) is 9.32. The van der Waals surface area contributed by atoms with E-state index in [1.165, 1.54) is 24.3 Å². The number of halogens is 4. The van der Waals surface area contributed by atoms with Gasteiger partial charge in [0.05, 0.1) is 10.7 Å². The van der Waals surface area contributed by atoms with E-state index in [0.29, 0.717) is 17.3 Å². The molecule has 6 nitrogen and oxygen atoms in total. The van der Waals surface area contributed by atoms with Crippen LogP contribution in [0.15, 0.2) is 52.4 Å². The van der Waals surface area contributed by atoms with Gasteiger partial charge in [0.1, 0.15) is 11.6 Å². The number of nitrogens with two attached hydrogens (primary N) is 1. The molecule has 1 saturated heterocycles. The fourth-order valence-electron chi connectivity index (χ4n) is 3.33. The molecule has 4 rings (SSSR count). The van der Waals surface area contributed by atoms with Gasteiger partial charge in [0, 0.05) is 18.8 Å². The van der Waals surface area contributed by atoms with Crippen molar-refractivity contribution < 1.29 is 8.78 Å². The summed E-state index contributed by atoms with van der Waals surface area (Å²) in [6.45, 7) is 1.65. The van der Waals surface area contributed by atoms with E-state index >= 15 is 0 Å². The van der Waals surface area contributed by atoms with Crippen LogP contribution in [0.3, 0.4) is 0 Å². The number of nitrogens with zero attached hydrogens (tertiary/aromatic N) is 4. The Morgan fingerprint density at radius 1 is 1.10 bits per heavy atom. The summed E-state index contributed by atoms with van der Waals surface area (Å²) in [5.41, 5.74) is 7.10. The molecule has 2 aliphatic rings. The molecule has 2 aromatic rings. The highest BCUT2D eigenvalue weighted by Gasteiger charge is 2.32. The zero-order valence-corrected chi connectivity index (χ0v) is 16.9. The standard InChI is InChI=1S/C19H19ClF2N6.ClH/c20-15-11-13(6-7-16(15)22)24-18-25-17(23)26-19(27-8-1-2-9-27)28(18)14-5-3-4-12(21)10-14;/h3-7,10-11,18,24H,1-2,8-9H2,(H2,23,25);1H. The van der Waals surface area contributed by atoms with Gasteiger partial charge in [-0.3, -0.25) is 4.90 Å². The highest BCUT2D eigenvalue weighted by atomic mass is 35.5. The average Bonchev–Trinajstić information content (AvgIpc) is 3.19. The molecule has 1 atom stereocenters. The maximum atomic E-state index is 13.9. The summed E-state index contributed by atoms with van der Waals surface area (Å²) in [5, 5.41) is 3.17. The SMILES string of the molecule is Cl.NC1=NC(Nc2ccc(F)c(Cl)c2)N(c2cccc(F)c2)C(N2CCCC2)=N1. The van der Waals surface area contributed by atoms with Crippen molar-refractivity contribution in [3.8, 4) is 0 Å². The van der Waals surface area contributed by atoms with E-state index in [1.807, 2.05) is 0 Å². The minimum Gasteiger partial charge on any atom is -0.368 e. The molecule has 0 radical (unpaired) electrons. The van der Waals surface area contributed by atoms with E-state index in [1.54, 1.807) is 23.1 Å². The largest absolute Gasteiger partial charge is 0.368 e. The van der Waals surface area contributed by atoms with Gasteiger partial charge in [-0.05, 0) is 49.2 Å². The zero-order chi connectivity index (χ0) is 19.7. The van der Waals surface area contributed by atoms with Gasteiger partial charge in [-0.2, -0.15) is 4.99 Å². The van der Waals surface area contributed by atoms with Crippen LogP contribution in [-0.4, -0.2) is 36.2 Å². The second-order valence-electron chi connectivity index (χ2n) is 6.59. The number of benzene rings is 2. The second-order valence-corrected chi connectivity index (χ2v) is 7.00. The first kappa shape index (κ1) is 21.1. The van der Waals surface area contributed by atoms with Crippen molar-refractivity contribution in [2.45, 2.75) is 19.1 Å². The minimum atomic E-state index is -0.698. The Morgan fingerprint density at radius 3 is 2.55 bits per heavy atom.